The molecule has 20 heavy (non-hydrogen) atoms. The smallest absolute Gasteiger partial charge is 0.320 e. The van der Waals surface area contributed by atoms with Crippen LogP contribution in [0.1, 0.15) is 72.1 Å². The third-order valence-electron chi connectivity index (χ3n) is 3.15. The number of hydrogen-bond acceptors (Lipinski definition) is 4. The Kier molecular flexibility index (Phi) is 12.3. The molecule has 118 valence electrons. The molecule has 0 aromatic carbocycles. The molecule has 0 radical (unpaired) electrons. The van der Waals surface area contributed by atoms with Crippen molar-refractivity contribution in [3.8, 4) is 0 Å². The van der Waals surface area contributed by atoms with E-state index in [0.29, 0.717) is 19.6 Å². The second kappa shape index (κ2) is 12.9. The topological polar surface area (TPSA) is 52.6 Å². The number of ether oxygens (including phenoxy) is 2. The van der Waals surface area contributed by atoms with Gasteiger partial charge in [-0.25, -0.2) is 0 Å². The van der Waals surface area contributed by atoms with E-state index in [1.807, 2.05) is 13.8 Å². The lowest BCUT2D eigenvalue weighted by Crippen LogP contribution is -2.28. The summed E-state index contributed by atoms with van der Waals surface area (Å²) in [5.41, 5.74) is 0. The first kappa shape index (κ1) is 18.9. The van der Waals surface area contributed by atoms with Crippen molar-refractivity contribution < 1.29 is 19.1 Å². The molecule has 0 fully saturated rings. The van der Waals surface area contributed by atoms with E-state index in [9.17, 15) is 9.59 Å². The largest absolute Gasteiger partial charge is 0.465 e. The molecule has 0 aromatic heterocycles. The van der Waals surface area contributed by atoms with Crippen LogP contribution in [0, 0.1) is 5.92 Å². The van der Waals surface area contributed by atoms with Gasteiger partial charge in [-0.1, -0.05) is 52.9 Å². The first-order chi connectivity index (χ1) is 9.67. The maximum atomic E-state index is 12.0. The van der Waals surface area contributed by atoms with E-state index in [1.165, 1.54) is 0 Å². The summed E-state index contributed by atoms with van der Waals surface area (Å²) in [7, 11) is 0. The molecule has 0 bridgehead atoms. The number of esters is 2. The lowest BCUT2D eigenvalue weighted by Gasteiger charge is -2.15. The van der Waals surface area contributed by atoms with E-state index >= 15 is 0 Å². The fourth-order valence-electron chi connectivity index (χ4n) is 1.77. The highest BCUT2D eigenvalue weighted by molar-refractivity contribution is 5.94. The molecule has 0 aliphatic heterocycles. The summed E-state index contributed by atoms with van der Waals surface area (Å²) in [6.07, 6.45) is 7.06. The van der Waals surface area contributed by atoms with E-state index in [1.54, 1.807) is 0 Å². The predicted octanol–water partition coefficient (Wildman–Crippen LogP) is 3.87. The Morgan fingerprint density at radius 1 is 0.750 bits per heavy atom. The highest BCUT2D eigenvalue weighted by atomic mass is 16.6. The molecule has 0 aromatic rings. The second-order valence-corrected chi connectivity index (χ2v) is 5.09. The molecule has 0 saturated heterocycles. The Labute approximate surface area is 123 Å². The monoisotopic (exact) mass is 286 g/mol. The van der Waals surface area contributed by atoms with Gasteiger partial charge in [0.1, 0.15) is 0 Å². The predicted molar refractivity (Wildman–Crippen MR) is 79.4 cm³/mol. The van der Waals surface area contributed by atoms with Crippen molar-refractivity contribution in [3.05, 3.63) is 0 Å². The normalized spacial score (nSPS) is 10.6. The van der Waals surface area contributed by atoms with E-state index in [2.05, 4.69) is 6.92 Å². The summed E-state index contributed by atoms with van der Waals surface area (Å²) in [5.74, 6) is -1.58. The van der Waals surface area contributed by atoms with Crippen molar-refractivity contribution in [2.75, 3.05) is 13.2 Å². The van der Waals surface area contributed by atoms with Crippen LogP contribution in [0.4, 0.5) is 0 Å². The summed E-state index contributed by atoms with van der Waals surface area (Å²) in [4.78, 5) is 23.9. The number of hydrogen-bond donors (Lipinski definition) is 0. The molecule has 0 rings (SSSR count). The fourth-order valence-corrected chi connectivity index (χ4v) is 1.77. The Hall–Kier alpha value is -1.06. The molecule has 0 amide bonds. The molecular formula is C16H30O4. The fraction of sp³-hybridized carbons (Fsp3) is 0.875. The molecule has 0 atom stereocenters. The lowest BCUT2D eigenvalue weighted by molar-refractivity contribution is -0.162. The van der Waals surface area contributed by atoms with Crippen molar-refractivity contribution >= 4 is 11.9 Å². The van der Waals surface area contributed by atoms with Gasteiger partial charge in [0.05, 0.1) is 13.2 Å². The number of rotatable bonds is 12. The summed E-state index contributed by atoms with van der Waals surface area (Å²) in [6, 6.07) is 0. The zero-order chi connectivity index (χ0) is 15.2. The second-order valence-electron chi connectivity index (χ2n) is 5.09. The van der Waals surface area contributed by atoms with Gasteiger partial charge in [0.15, 0.2) is 5.92 Å². The minimum atomic E-state index is -0.740. The zero-order valence-electron chi connectivity index (χ0n) is 13.3. The molecule has 0 heterocycles. The molecular weight excluding hydrogens is 256 g/mol. The van der Waals surface area contributed by atoms with Crippen molar-refractivity contribution in [1.29, 1.82) is 0 Å². The zero-order valence-corrected chi connectivity index (χ0v) is 13.3. The SMILES string of the molecule is CCCCCC(C(=O)OCCCC)C(=O)OCCCC. The number of carbonyl (C=O) groups excluding carboxylic acids is 2. The van der Waals surface area contributed by atoms with Gasteiger partial charge >= 0.3 is 11.9 Å². The molecule has 4 heteroatoms. The first-order valence-electron chi connectivity index (χ1n) is 8.00. The van der Waals surface area contributed by atoms with Crippen molar-refractivity contribution in [2.24, 2.45) is 5.92 Å². The van der Waals surface area contributed by atoms with Gasteiger partial charge < -0.3 is 9.47 Å². The minimum Gasteiger partial charge on any atom is -0.465 e. The quantitative estimate of drug-likeness (QED) is 0.310. The molecule has 0 unspecified atom stereocenters. The van der Waals surface area contributed by atoms with E-state index in [4.69, 9.17) is 9.47 Å². The van der Waals surface area contributed by atoms with Crippen LogP contribution in [0.25, 0.3) is 0 Å². The van der Waals surface area contributed by atoms with Crippen LogP contribution >= 0.6 is 0 Å². The summed E-state index contributed by atoms with van der Waals surface area (Å²) in [5, 5.41) is 0. The maximum absolute atomic E-state index is 12.0. The third-order valence-corrected chi connectivity index (χ3v) is 3.15. The lowest BCUT2D eigenvalue weighted by atomic mass is 10.0. The van der Waals surface area contributed by atoms with Crippen LogP contribution < -0.4 is 0 Å². The van der Waals surface area contributed by atoms with E-state index in [-0.39, 0.29) is 0 Å². The van der Waals surface area contributed by atoms with Gasteiger partial charge in [0.25, 0.3) is 0 Å². The van der Waals surface area contributed by atoms with E-state index < -0.39 is 17.9 Å². The van der Waals surface area contributed by atoms with Gasteiger partial charge in [-0.05, 0) is 19.3 Å². The molecule has 0 aliphatic carbocycles. The van der Waals surface area contributed by atoms with Crippen molar-refractivity contribution in [1.82, 2.24) is 0 Å². The molecule has 0 spiro atoms. The first-order valence-corrected chi connectivity index (χ1v) is 8.00. The summed E-state index contributed by atoms with van der Waals surface area (Å²) in [6.45, 7) is 6.94. The third kappa shape index (κ3) is 8.94. The Morgan fingerprint density at radius 2 is 1.20 bits per heavy atom. The van der Waals surface area contributed by atoms with Crippen molar-refractivity contribution in [3.63, 3.8) is 0 Å². The molecule has 0 N–H and O–H groups in total. The minimum absolute atomic E-state index is 0.391. The Bertz CT molecular complexity index is 241. The summed E-state index contributed by atoms with van der Waals surface area (Å²) < 4.78 is 10.3. The van der Waals surface area contributed by atoms with Crippen LogP contribution in [0.2, 0.25) is 0 Å². The average Bonchev–Trinajstić information content (AvgIpc) is 2.44. The van der Waals surface area contributed by atoms with Gasteiger partial charge in [-0.2, -0.15) is 0 Å². The standard InChI is InChI=1S/C16H30O4/c1-4-7-10-11-14(15(17)19-12-8-5-2)16(18)20-13-9-6-3/h14H,4-13H2,1-3H3. The molecule has 0 aliphatic rings. The van der Waals surface area contributed by atoms with Crippen LogP contribution in [0.15, 0.2) is 0 Å². The van der Waals surface area contributed by atoms with Crippen LogP contribution in [0.5, 0.6) is 0 Å². The van der Waals surface area contributed by atoms with Crippen LogP contribution in [0.3, 0.4) is 0 Å². The molecule has 0 saturated carbocycles. The maximum Gasteiger partial charge on any atom is 0.320 e. The van der Waals surface area contributed by atoms with Gasteiger partial charge in [-0.15, -0.1) is 0 Å². The van der Waals surface area contributed by atoms with Crippen molar-refractivity contribution in [2.45, 2.75) is 72.1 Å². The Morgan fingerprint density at radius 3 is 1.60 bits per heavy atom. The number of unbranched alkanes of at least 4 members (excludes halogenated alkanes) is 4. The van der Waals surface area contributed by atoms with Gasteiger partial charge in [-0.3, -0.25) is 9.59 Å². The highest BCUT2D eigenvalue weighted by Gasteiger charge is 2.29. The van der Waals surface area contributed by atoms with Crippen LogP contribution in [-0.2, 0) is 19.1 Å². The molecule has 4 nitrogen and oxygen atoms in total. The van der Waals surface area contributed by atoms with Gasteiger partial charge in [0.2, 0.25) is 0 Å². The van der Waals surface area contributed by atoms with E-state index in [0.717, 1.165) is 44.9 Å². The number of carbonyl (C=O) groups is 2. The Balaban J connectivity index is 4.29. The van der Waals surface area contributed by atoms with Crippen LogP contribution in [-0.4, -0.2) is 25.2 Å². The highest BCUT2D eigenvalue weighted by Crippen LogP contribution is 2.14. The summed E-state index contributed by atoms with van der Waals surface area (Å²) >= 11 is 0. The average molecular weight is 286 g/mol. The van der Waals surface area contributed by atoms with Gasteiger partial charge in [0, 0.05) is 0 Å².